The van der Waals surface area contributed by atoms with Gasteiger partial charge in [0.2, 0.25) is 0 Å². The van der Waals surface area contributed by atoms with Gasteiger partial charge in [0.1, 0.15) is 17.1 Å². The largest absolute Gasteiger partial charge is 0.492 e. The van der Waals surface area contributed by atoms with E-state index >= 15 is 0 Å². The van der Waals surface area contributed by atoms with Crippen molar-refractivity contribution in [3.05, 3.63) is 52.8 Å². The highest BCUT2D eigenvalue weighted by atomic mass is 32.2. The van der Waals surface area contributed by atoms with Gasteiger partial charge < -0.3 is 14.9 Å². The van der Waals surface area contributed by atoms with Crippen molar-refractivity contribution in [2.24, 2.45) is 5.92 Å². The number of hydrogen-bond acceptors (Lipinski definition) is 5. The Morgan fingerprint density at radius 3 is 2.66 bits per heavy atom. The fourth-order valence-electron chi connectivity index (χ4n) is 3.66. The Balaban J connectivity index is 1.76. The van der Waals surface area contributed by atoms with Crippen LogP contribution in [-0.2, 0) is 21.2 Å². The first-order valence-electron chi connectivity index (χ1n) is 8.73. The van der Waals surface area contributed by atoms with Gasteiger partial charge >= 0.3 is 11.9 Å². The zero-order valence-corrected chi connectivity index (χ0v) is 15.7. The van der Waals surface area contributed by atoms with Crippen LogP contribution in [0, 0.1) is 11.7 Å². The van der Waals surface area contributed by atoms with E-state index in [4.69, 9.17) is 9.84 Å². The van der Waals surface area contributed by atoms with Crippen LogP contribution in [0.15, 0.2) is 35.2 Å². The number of ether oxygens (including phenoxy) is 1. The predicted octanol–water partition coefficient (Wildman–Crippen LogP) is 2.45. The van der Waals surface area contributed by atoms with Gasteiger partial charge in [0.15, 0.2) is 0 Å². The third-order valence-electron chi connectivity index (χ3n) is 5.06. The molecule has 1 aliphatic heterocycles. The number of nitrogens with one attached hydrogen (secondary N) is 1. The van der Waals surface area contributed by atoms with Gasteiger partial charge in [-0.15, -0.1) is 0 Å². The van der Waals surface area contributed by atoms with Gasteiger partial charge in [0.25, 0.3) is 10.0 Å². The van der Waals surface area contributed by atoms with Gasteiger partial charge in [0, 0.05) is 5.92 Å². The van der Waals surface area contributed by atoms with Gasteiger partial charge in [0.05, 0.1) is 23.6 Å². The van der Waals surface area contributed by atoms with Crippen LogP contribution in [-0.4, -0.2) is 37.2 Å². The molecule has 0 aromatic heterocycles. The second-order valence-corrected chi connectivity index (χ2v) is 8.70. The summed E-state index contributed by atoms with van der Waals surface area (Å²) in [4.78, 5) is 22.4. The number of sulfonamides is 1. The fourth-order valence-corrected chi connectivity index (χ4v) is 4.95. The molecule has 8 nitrogen and oxygen atoms in total. The van der Waals surface area contributed by atoms with Crippen LogP contribution >= 0.6 is 0 Å². The number of carbonyl (C=O) groups is 2. The first-order valence-corrected chi connectivity index (χ1v) is 10.2. The minimum atomic E-state index is -4.39. The average Bonchev–Trinajstić information content (AvgIpc) is 3.40. The second-order valence-electron chi connectivity index (χ2n) is 7.05. The van der Waals surface area contributed by atoms with E-state index in [9.17, 15) is 27.5 Å². The first kappa shape index (κ1) is 19.2. The van der Waals surface area contributed by atoms with Gasteiger partial charge in [-0.2, -0.15) is 0 Å². The van der Waals surface area contributed by atoms with Crippen molar-refractivity contribution in [1.82, 2.24) is 0 Å². The number of fused-ring (bicyclic) bond motifs is 3. The quantitative estimate of drug-likeness (QED) is 0.653. The highest BCUT2D eigenvalue weighted by Crippen LogP contribution is 2.55. The monoisotopic (exact) mass is 421 g/mol. The molecule has 1 aliphatic carbocycles. The minimum absolute atomic E-state index is 0.140. The molecule has 2 aliphatic rings. The van der Waals surface area contributed by atoms with Crippen LogP contribution in [0.1, 0.15) is 33.8 Å². The Labute approximate surface area is 165 Å². The smallest absolute Gasteiger partial charge is 0.341 e. The molecule has 29 heavy (non-hydrogen) atoms. The molecule has 0 radical (unpaired) electrons. The number of carboxylic acids is 2. The summed E-state index contributed by atoms with van der Waals surface area (Å²) in [5, 5.41) is 18.6. The van der Waals surface area contributed by atoms with E-state index in [1.54, 1.807) is 6.07 Å². The molecule has 10 heteroatoms. The predicted molar refractivity (Wildman–Crippen MR) is 98.3 cm³/mol. The standard InChI is InChI=1S/C19H16FNO7S/c20-11-1-4-15(9(5-11)7-16(22)23)29(26,27)21-14-3-2-12-13-6-10(13)8-28-18(12)17(14)19(24)25/h1-5,10,13,21H,6-8H2,(H,22,23)(H,24,25). The number of hydrogen-bond donors (Lipinski definition) is 3. The van der Waals surface area contributed by atoms with Crippen molar-refractivity contribution in [2.45, 2.75) is 23.7 Å². The zero-order chi connectivity index (χ0) is 20.9. The maximum absolute atomic E-state index is 13.5. The van der Waals surface area contributed by atoms with E-state index in [-0.39, 0.29) is 28.5 Å². The van der Waals surface area contributed by atoms with Crippen LogP contribution in [0.25, 0.3) is 0 Å². The third kappa shape index (κ3) is 3.51. The highest BCUT2D eigenvalue weighted by molar-refractivity contribution is 7.92. The summed E-state index contributed by atoms with van der Waals surface area (Å²) in [7, 11) is -4.39. The maximum atomic E-state index is 13.5. The molecule has 2 atom stereocenters. The van der Waals surface area contributed by atoms with Crippen molar-refractivity contribution in [2.75, 3.05) is 11.3 Å². The van der Waals surface area contributed by atoms with Gasteiger partial charge in [-0.3, -0.25) is 9.52 Å². The number of aromatic carboxylic acids is 1. The molecule has 0 amide bonds. The Hall–Kier alpha value is -3.14. The lowest BCUT2D eigenvalue weighted by atomic mass is 10.0. The molecule has 1 fully saturated rings. The van der Waals surface area contributed by atoms with Crippen molar-refractivity contribution in [1.29, 1.82) is 0 Å². The van der Waals surface area contributed by atoms with E-state index in [1.807, 2.05) is 0 Å². The molecular weight excluding hydrogens is 405 g/mol. The Morgan fingerprint density at radius 2 is 1.97 bits per heavy atom. The Bertz CT molecular complexity index is 1150. The lowest BCUT2D eigenvalue weighted by Crippen LogP contribution is -2.20. The third-order valence-corrected chi connectivity index (χ3v) is 6.53. The molecule has 1 heterocycles. The van der Waals surface area contributed by atoms with Crippen molar-refractivity contribution in [3.8, 4) is 5.75 Å². The highest BCUT2D eigenvalue weighted by Gasteiger charge is 2.45. The van der Waals surface area contributed by atoms with E-state index in [0.29, 0.717) is 12.5 Å². The summed E-state index contributed by atoms with van der Waals surface area (Å²) in [6.07, 6.45) is 0.182. The van der Waals surface area contributed by atoms with Crippen LogP contribution in [0.4, 0.5) is 10.1 Å². The Morgan fingerprint density at radius 1 is 1.21 bits per heavy atom. The number of rotatable bonds is 6. The second kappa shape index (κ2) is 6.73. The molecule has 152 valence electrons. The molecule has 1 saturated carbocycles. The number of halogens is 1. The summed E-state index contributed by atoms with van der Waals surface area (Å²) < 4.78 is 47.0. The van der Waals surface area contributed by atoms with Crippen molar-refractivity contribution < 1.29 is 37.3 Å². The molecule has 0 spiro atoms. The molecule has 0 saturated heterocycles. The van der Waals surface area contributed by atoms with Gasteiger partial charge in [-0.1, -0.05) is 6.07 Å². The van der Waals surface area contributed by atoms with Crippen molar-refractivity contribution in [3.63, 3.8) is 0 Å². The Kier molecular flexibility index (Phi) is 4.45. The maximum Gasteiger partial charge on any atom is 0.341 e. The van der Waals surface area contributed by atoms with E-state index in [1.165, 1.54) is 6.07 Å². The number of carboxylic acid groups (broad SMARTS) is 2. The van der Waals surface area contributed by atoms with Crippen LogP contribution in [0.3, 0.4) is 0 Å². The summed E-state index contributed by atoms with van der Waals surface area (Å²) in [5.74, 6) is -2.77. The molecule has 0 bridgehead atoms. The van der Waals surface area contributed by atoms with Crippen molar-refractivity contribution >= 4 is 27.6 Å². The molecule has 3 N–H and O–H groups in total. The lowest BCUT2D eigenvalue weighted by molar-refractivity contribution is -0.136. The SMILES string of the molecule is O=C(O)Cc1cc(F)ccc1S(=O)(=O)Nc1ccc2c(c1C(=O)O)OCC1CC21. The van der Waals surface area contributed by atoms with Crippen LogP contribution in [0.5, 0.6) is 5.75 Å². The van der Waals surface area contributed by atoms with Gasteiger partial charge in [-0.25, -0.2) is 17.6 Å². The molecule has 2 aromatic carbocycles. The number of benzene rings is 2. The van der Waals surface area contributed by atoms with E-state index < -0.39 is 39.1 Å². The summed E-state index contributed by atoms with van der Waals surface area (Å²) >= 11 is 0. The van der Waals surface area contributed by atoms with Crippen LogP contribution in [0.2, 0.25) is 0 Å². The minimum Gasteiger partial charge on any atom is -0.492 e. The fraction of sp³-hybridized carbons (Fsp3) is 0.263. The number of aliphatic carboxylic acids is 1. The molecule has 4 rings (SSSR count). The summed E-state index contributed by atoms with van der Waals surface area (Å²) in [6, 6.07) is 5.64. The zero-order valence-electron chi connectivity index (χ0n) is 14.9. The normalized spacial score (nSPS) is 19.5. The van der Waals surface area contributed by atoms with Gasteiger partial charge in [-0.05, 0) is 47.7 Å². The molecular formula is C19H16FNO7S. The summed E-state index contributed by atoms with van der Waals surface area (Å²) in [6.45, 7) is 0.370. The number of anilines is 1. The first-order chi connectivity index (χ1) is 13.7. The van der Waals surface area contributed by atoms with E-state index in [2.05, 4.69) is 4.72 Å². The van der Waals surface area contributed by atoms with Crippen LogP contribution < -0.4 is 9.46 Å². The topological polar surface area (TPSA) is 130 Å². The lowest BCUT2D eigenvalue weighted by Gasteiger charge is -2.21. The molecule has 2 aromatic rings. The average molecular weight is 421 g/mol. The van der Waals surface area contributed by atoms with E-state index in [0.717, 1.165) is 30.2 Å². The molecule has 2 unspecified atom stereocenters. The summed E-state index contributed by atoms with van der Waals surface area (Å²) in [5.41, 5.74) is -0.0360.